The highest BCUT2D eigenvalue weighted by atomic mass is 16.5. The van der Waals surface area contributed by atoms with Gasteiger partial charge in [-0.05, 0) is 30.1 Å². The lowest BCUT2D eigenvalue weighted by atomic mass is 9.57. The van der Waals surface area contributed by atoms with Crippen molar-refractivity contribution in [3.05, 3.63) is 0 Å². The van der Waals surface area contributed by atoms with Gasteiger partial charge in [0.2, 0.25) is 0 Å². The minimum Gasteiger partial charge on any atom is -0.381 e. The minimum atomic E-state index is 0.906. The molecule has 2 fully saturated rings. The van der Waals surface area contributed by atoms with Gasteiger partial charge in [0.25, 0.3) is 0 Å². The number of ether oxygens (including phenoxy) is 1. The van der Waals surface area contributed by atoms with Gasteiger partial charge in [0.05, 0.1) is 0 Å². The summed E-state index contributed by atoms with van der Waals surface area (Å²) < 4.78 is 5.42. The predicted molar refractivity (Wildman–Crippen MR) is 52.1 cm³/mol. The first-order chi connectivity index (χ1) is 5.80. The van der Waals surface area contributed by atoms with Crippen molar-refractivity contribution in [2.45, 2.75) is 34.1 Å². The molecule has 2 rings (SSSR count). The van der Waals surface area contributed by atoms with E-state index in [0.717, 1.165) is 36.9 Å². The summed E-state index contributed by atoms with van der Waals surface area (Å²) >= 11 is 0. The second-order valence-corrected chi connectivity index (χ2v) is 3.91. The Kier molecular flexibility index (Phi) is 3.57. The van der Waals surface area contributed by atoms with E-state index in [4.69, 9.17) is 4.74 Å². The average Bonchev–Trinajstić information content (AvgIpc) is 2.19. The van der Waals surface area contributed by atoms with E-state index in [0.29, 0.717) is 0 Å². The van der Waals surface area contributed by atoms with Gasteiger partial charge in [-0.25, -0.2) is 0 Å². The summed E-state index contributed by atoms with van der Waals surface area (Å²) in [6.07, 6.45) is 1.32. The Balaban J connectivity index is 0.000000336. The first-order valence-corrected chi connectivity index (χ1v) is 5.38. The summed E-state index contributed by atoms with van der Waals surface area (Å²) in [4.78, 5) is 0. The van der Waals surface area contributed by atoms with E-state index in [9.17, 15) is 0 Å². The topological polar surface area (TPSA) is 9.23 Å². The van der Waals surface area contributed by atoms with Gasteiger partial charge < -0.3 is 4.74 Å². The van der Waals surface area contributed by atoms with E-state index in [-0.39, 0.29) is 0 Å². The Labute approximate surface area is 76.5 Å². The Morgan fingerprint density at radius 3 is 2.17 bits per heavy atom. The molecule has 1 heterocycles. The summed E-state index contributed by atoms with van der Waals surface area (Å²) in [7, 11) is 0. The van der Waals surface area contributed by atoms with Crippen molar-refractivity contribution in [3.8, 4) is 0 Å². The second-order valence-electron chi connectivity index (χ2n) is 3.91. The highest BCUT2D eigenvalue weighted by Crippen LogP contribution is 2.49. The molecule has 0 aromatic carbocycles. The average molecular weight is 170 g/mol. The third-order valence-corrected chi connectivity index (χ3v) is 3.64. The van der Waals surface area contributed by atoms with Gasteiger partial charge in [0, 0.05) is 13.2 Å². The Hall–Kier alpha value is -0.0400. The highest BCUT2D eigenvalue weighted by molar-refractivity contribution is 4.93. The minimum absolute atomic E-state index is 0.906. The van der Waals surface area contributed by atoms with E-state index in [1.165, 1.54) is 6.42 Å². The van der Waals surface area contributed by atoms with Crippen LogP contribution in [0.15, 0.2) is 0 Å². The Bertz CT molecular complexity index is 117. The molecule has 1 saturated carbocycles. The summed E-state index contributed by atoms with van der Waals surface area (Å²) in [5, 5.41) is 0. The van der Waals surface area contributed by atoms with E-state index in [2.05, 4.69) is 13.8 Å². The zero-order valence-corrected chi connectivity index (χ0v) is 8.84. The van der Waals surface area contributed by atoms with Gasteiger partial charge in [-0.3, -0.25) is 0 Å². The van der Waals surface area contributed by atoms with Crippen LogP contribution in [0, 0.1) is 23.7 Å². The monoisotopic (exact) mass is 170 g/mol. The molecule has 2 aliphatic rings. The molecule has 0 N–H and O–H groups in total. The third-order valence-electron chi connectivity index (χ3n) is 3.64. The molecule has 0 aromatic heterocycles. The molecule has 1 heteroatoms. The fourth-order valence-electron chi connectivity index (χ4n) is 2.61. The Morgan fingerprint density at radius 2 is 1.58 bits per heavy atom. The fourth-order valence-corrected chi connectivity index (χ4v) is 2.61. The molecule has 4 unspecified atom stereocenters. The van der Waals surface area contributed by atoms with Crippen LogP contribution in [-0.4, -0.2) is 13.2 Å². The maximum absolute atomic E-state index is 5.42. The van der Waals surface area contributed by atoms with Gasteiger partial charge in [0.15, 0.2) is 0 Å². The summed E-state index contributed by atoms with van der Waals surface area (Å²) in [5.41, 5.74) is 0. The van der Waals surface area contributed by atoms with Gasteiger partial charge in [-0.1, -0.05) is 27.7 Å². The Morgan fingerprint density at radius 1 is 1.00 bits per heavy atom. The molecule has 0 aromatic rings. The third kappa shape index (κ3) is 1.52. The van der Waals surface area contributed by atoms with Gasteiger partial charge in [-0.15, -0.1) is 0 Å². The van der Waals surface area contributed by atoms with E-state index in [1.807, 2.05) is 13.8 Å². The van der Waals surface area contributed by atoms with Crippen molar-refractivity contribution >= 4 is 0 Å². The lowest BCUT2D eigenvalue weighted by molar-refractivity contribution is -0.109. The van der Waals surface area contributed by atoms with Crippen molar-refractivity contribution in [1.82, 2.24) is 0 Å². The van der Waals surface area contributed by atoms with Crippen LogP contribution in [0.5, 0.6) is 0 Å². The zero-order chi connectivity index (χ0) is 9.14. The van der Waals surface area contributed by atoms with Crippen molar-refractivity contribution in [3.63, 3.8) is 0 Å². The number of hydrogen-bond acceptors (Lipinski definition) is 1. The molecule has 1 aliphatic heterocycles. The van der Waals surface area contributed by atoms with Crippen LogP contribution in [-0.2, 0) is 4.74 Å². The van der Waals surface area contributed by atoms with E-state index < -0.39 is 0 Å². The normalized spacial score (nSPS) is 45.0. The first kappa shape index (κ1) is 10.0. The smallest absolute Gasteiger partial charge is 0.0499 e. The molecule has 0 bridgehead atoms. The molecule has 1 nitrogen and oxygen atoms in total. The van der Waals surface area contributed by atoms with Crippen LogP contribution >= 0.6 is 0 Å². The first-order valence-electron chi connectivity index (χ1n) is 5.38. The fraction of sp³-hybridized carbons (Fsp3) is 1.00. The van der Waals surface area contributed by atoms with Crippen LogP contribution in [0.2, 0.25) is 0 Å². The van der Waals surface area contributed by atoms with Gasteiger partial charge in [-0.2, -0.15) is 0 Å². The molecular weight excluding hydrogens is 148 g/mol. The quantitative estimate of drug-likeness (QED) is 0.543. The standard InChI is InChI=1S/C9H16O.C2H6/c1-6-7(2)9-5-10-4-3-8(6)9;1-2/h6-9H,3-5H2,1-2H3;1-2H3. The highest BCUT2D eigenvalue weighted by Gasteiger charge is 2.45. The van der Waals surface area contributed by atoms with Crippen LogP contribution < -0.4 is 0 Å². The molecule has 1 saturated heterocycles. The van der Waals surface area contributed by atoms with Crippen molar-refractivity contribution in [2.24, 2.45) is 23.7 Å². The zero-order valence-electron chi connectivity index (χ0n) is 8.84. The number of hydrogen-bond donors (Lipinski definition) is 0. The molecular formula is C11H22O. The maximum atomic E-state index is 5.42. The van der Waals surface area contributed by atoms with Crippen LogP contribution in [0.3, 0.4) is 0 Å². The molecule has 0 spiro atoms. The van der Waals surface area contributed by atoms with Crippen molar-refractivity contribution in [2.75, 3.05) is 13.2 Å². The number of fused-ring (bicyclic) bond motifs is 1. The van der Waals surface area contributed by atoms with Gasteiger partial charge in [0.1, 0.15) is 0 Å². The lowest BCUT2D eigenvalue weighted by Crippen LogP contribution is -2.49. The molecule has 4 atom stereocenters. The van der Waals surface area contributed by atoms with Crippen molar-refractivity contribution < 1.29 is 4.74 Å². The summed E-state index contributed by atoms with van der Waals surface area (Å²) in [6.45, 7) is 10.8. The summed E-state index contributed by atoms with van der Waals surface area (Å²) in [5.74, 6) is 3.80. The SMILES string of the molecule is CC.CC1C(C)C2COCCC12. The second kappa shape index (κ2) is 4.27. The summed E-state index contributed by atoms with van der Waals surface area (Å²) in [6, 6.07) is 0. The van der Waals surface area contributed by atoms with E-state index in [1.54, 1.807) is 0 Å². The van der Waals surface area contributed by atoms with Gasteiger partial charge >= 0.3 is 0 Å². The predicted octanol–water partition coefficient (Wildman–Crippen LogP) is 2.95. The molecule has 0 radical (unpaired) electrons. The number of rotatable bonds is 0. The molecule has 12 heavy (non-hydrogen) atoms. The van der Waals surface area contributed by atoms with Crippen molar-refractivity contribution in [1.29, 1.82) is 0 Å². The molecule has 0 amide bonds. The van der Waals surface area contributed by atoms with Crippen LogP contribution in [0.1, 0.15) is 34.1 Å². The molecule has 1 aliphatic carbocycles. The molecule has 72 valence electrons. The van der Waals surface area contributed by atoms with Crippen LogP contribution in [0.4, 0.5) is 0 Å². The lowest BCUT2D eigenvalue weighted by Gasteiger charge is -2.51. The largest absolute Gasteiger partial charge is 0.381 e. The van der Waals surface area contributed by atoms with E-state index >= 15 is 0 Å². The van der Waals surface area contributed by atoms with Crippen LogP contribution in [0.25, 0.3) is 0 Å². The maximum Gasteiger partial charge on any atom is 0.0499 e.